The van der Waals surface area contributed by atoms with Gasteiger partial charge in [-0.2, -0.15) is 0 Å². The van der Waals surface area contributed by atoms with E-state index in [-0.39, 0.29) is 17.6 Å². The molecule has 1 amide bonds. The smallest absolute Gasteiger partial charge is 0.261 e. The molecule has 0 atom stereocenters. The van der Waals surface area contributed by atoms with Crippen LogP contribution in [0.4, 0.5) is 11.4 Å². The first-order chi connectivity index (χ1) is 12.9. The SMILES string of the molecule is CC(=O)N1CCCSc2ccc(S(=O)(=O)Nc3ccc4c(c3)OCO4)cc21. The number of sulfonamides is 1. The summed E-state index contributed by atoms with van der Waals surface area (Å²) in [6, 6.07) is 9.74. The summed E-state index contributed by atoms with van der Waals surface area (Å²) in [7, 11) is -3.82. The summed E-state index contributed by atoms with van der Waals surface area (Å²) in [5.74, 6) is 1.86. The number of nitrogens with one attached hydrogen (secondary N) is 1. The third-order valence-corrected chi connectivity index (χ3v) is 6.85. The van der Waals surface area contributed by atoms with E-state index in [1.807, 2.05) is 0 Å². The molecule has 0 aliphatic carbocycles. The number of rotatable bonds is 3. The van der Waals surface area contributed by atoms with Crippen molar-refractivity contribution in [1.29, 1.82) is 0 Å². The van der Waals surface area contributed by atoms with Crippen LogP contribution in [0, 0.1) is 0 Å². The second-order valence-corrected chi connectivity index (χ2v) is 8.99. The van der Waals surface area contributed by atoms with Crippen LogP contribution in [0.25, 0.3) is 0 Å². The van der Waals surface area contributed by atoms with Gasteiger partial charge in [0.15, 0.2) is 11.5 Å². The molecular formula is C18H18N2O5S2. The molecule has 0 bridgehead atoms. The molecule has 0 spiro atoms. The molecule has 0 saturated heterocycles. The van der Waals surface area contributed by atoms with Gasteiger partial charge in [-0.25, -0.2) is 8.42 Å². The average molecular weight is 406 g/mol. The maximum atomic E-state index is 12.9. The zero-order valence-corrected chi connectivity index (χ0v) is 16.2. The number of benzene rings is 2. The van der Waals surface area contributed by atoms with E-state index in [4.69, 9.17) is 9.47 Å². The van der Waals surface area contributed by atoms with E-state index in [0.29, 0.717) is 29.4 Å². The molecule has 2 aromatic carbocycles. The highest BCUT2D eigenvalue weighted by molar-refractivity contribution is 7.99. The van der Waals surface area contributed by atoms with E-state index in [1.54, 1.807) is 53.1 Å². The Morgan fingerprint density at radius 3 is 2.78 bits per heavy atom. The fraction of sp³-hybridized carbons (Fsp3) is 0.278. The van der Waals surface area contributed by atoms with Crippen LogP contribution in [0.15, 0.2) is 46.2 Å². The summed E-state index contributed by atoms with van der Waals surface area (Å²) >= 11 is 1.63. The van der Waals surface area contributed by atoms with Gasteiger partial charge in [0.05, 0.1) is 16.3 Å². The van der Waals surface area contributed by atoms with E-state index in [0.717, 1.165) is 17.1 Å². The molecule has 7 nitrogen and oxygen atoms in total. The predicted molar refractivity (Wildman–Crippen MR) is 103 cm³/mol. The van der Waals surface area contributed by atoms with Gasteiger partial charge in [0.1, 0.15) is 0 Å². The molecule has 4 rings (SSSR count). The molecule has 0 radical (unpaired) electrons. The van der Waals surface area contributed by atoms with E-state index >= 15 is 0 Å². The Bertz CT molecular complexity index is 1010. The first-order valence-corrected chi connectivity index (χ1v) is 10.9. The average Bonchev–Trinajstić information content (AvgIpc) is 2.98. The van der Waals surface area contributed by atoms with Crippen molar-refractivity contribution in [3.05, 3.63) is 36.4 Å². The molecule has 9 heteroatoms. The minimum Gasteiger partial charge on any atom is -0.454 e. The highest BCUT2D eigenvalue weighted by Gasteiger charge is 2.23. The van der Waals surface area contributed by atoms with Crippen molar-refractivity contribution in [2.24, 2.45) is 0 Å². The lowest BCUT2D eigenvalue weighted by Gasteiger charge is -2.21. The lowest BCUT2D eigenvalue weighted by molar-refractivity contribution is -0.116. The van der Waals surface area contributed by atoms with Crippen LogP contribution in [0.5, 0.6) is 11.5 Å². The Morgan fingerprint density at radius 2 is 1.96 bits per heavy atom. The Hall–Kier alpha value is -2.39. The lowest BCUT2D eigenvalue weighted by atomic mass is 10.2. The third-order valence-electron chi connectivity index (χ3n) is 4.32. The number of hydrogen-bond donors (Lipinski definition) is 1. The Balaban J connectivity index is 1.67. The number of nitrogens with zero attached hydrogens (tertiary/aromatic N) is 1. The summed E-state index contributed by atoms with van der Waals surface area (Å²) in [5.41, 5.74) is 1.02. The van der Waals surface area contributed by atoms with Crippen LogP contribution in [0.2, 0.25) is 0 Å². The number of anilines is 2. The summed E-state index contributed by atoms with van der Waals surface area (Å²) < 4.78 is 38.8. The van der Waals surface area contributed by atoms with Gasteiger partial charge in [-0.15, -0.1) is 11.8 Å². The summed E-state index contributed by atoms with van der Waals surface area (Å²) in [6.07, 6.45) is 0.858. The molecule has 0 unspecified atom stereocenters. The van der Waals surface area contributed by atoms with Gasteiger partial charge in [0.2, 0.25) is 12.7 Å². The van der Waals surface area contributed by atoms with E-state index < -0.39 is 10.0 Å². The molecule has 0 fully saturated rings. The minimum atomic E-state index is -3.82. The Morgan fingerprint density at radius 1 is 1.15 bits per heavy atom. The number of thioether (sulfide) groups is 1. The Labute approximate surface area is 161 Å². The van der Waals surface area contributed by atoms with Crippen molar-refractivity contribution < 1.29 is 22.7 Å². The molecule has 2 heterocycles. The standard InChI is InChI=1S/C18H18N2O5S2/c1-12(21)20-7-2-8-26-18-6-4-14(10-15(18)20)27(22,23)19-13-3-5-16-17(9-13)25-11-24-16/h3-6,9-10,19H,2,7-8,11H2,1H3. The Kier molecular flexibility index (Phi) is 4.65. The van der Waals surface area contributed by atoms with Crippen molar-refractivity contribution >= 4 is 39.1 Å². The summed E-state index contributed by atoms with van der Waals surface area (Å²) in [4.78, 5) is 14.6. The van der Waals surface area contributed by atoms with Gasteiger partial charge >= 0.3 is 0 Å². The van der Waals surface area contributed by atoms with Gasteiger partial charge in [-0.05, 0) is 42.5 Å². The molecule has 2 aliphatic heterocycles. The van der Waals surface area contributed by atoms with Gasteiger partial charge in [0, 0.05) is 24.4 Å². The van der Waals surface area contributed by atoms with Crippen molar-refractivity contribution in [3.63, 3.8) is 0 Å². The molecule has 0 aromatic heterocycles. The van der Waals surface area contributed by atoms with Gasteiger partial charge in [0.25, 0.3) is 10.0 Å². The molecule has 0 saturated carbocycles. The fourth-order valence-electron chi connectivity index (χ4n) is 3.02. The van der Waals surface area contributed by atoms with Crippen LogP contribution < -0.4 is 19.1 Å². The number of ether oxygens (including phenoxy) is 2. The molecule has 2 aromatic rings. The van der Waals surface area contributed by atoms with Crippen LogP contribution in [-0.2, 0) is 14.8 Å². The van der Waals surface area contributed by atoms with E-state index in [2.05, 4.69) is 4.72 Å². The number of amides is 1. The maximum Gasteiger partial charge on any atom is 0.261 e. The number of carbonyl (C=O) groups is 1. The van der Waals surface area contributed by atoms with Crippen LogP contribution in [-0.4, -0.2) is 33.4 Å². The number of fused-ring (bicyclic) bond motifs is 2. The van der Waals surface area contributed by atoms with E-state index in [1.165, 1.54) is 6.92 Å². The highest BCUT2D eigenvalue weighted by atomic mass is 32.2. The van der Waals surface area contributed by atoms with Gasteiger partial charge in [-0.3, -0.25) is 9.52 Å². The fourth-order valence-corrected chi connectivity index (χ4v) is 5.07. The number of carbonyl (C=O) groups excluding carboxylic acids is 1. The first-order valence-electron chi connectivity index (χ1n) is 8.41. The highest BCUT2D eigenvalue weighted by Crippen LogP contribution is 2.37. The largest absolute Gasteiger partial charge is 0.454 e. The topological polar surface area (TPSA) is 84.9 Å². The monoisotopic (exact) mass is 406 g/mol. The molecule has 2 aliphatic rings. The summed E-state index contributed by atoms with van der Waals surface area (Å²) in [6.45, 7) is 2.19. The lowest BCUT2D eigenvalue weighted by Crippen LogP contribution is -2.29. The normalized spacial score (nSPS) is 15.8. The maximum absolute atomic E-state index is 12.9. The van der Waals surface area contributed by atoms with Crippen molar-refractivity contribution in [1.82, 2.24) is 0 Å². The molecule has 1 N–H and O–H groups in total. The summed E-state index contributed by atoms with van der Waals surface area (Å²) in [5, 5.41) is 0. The molecule has 27 heavy (non-hydrogen) atoms. The molecular weight excluding hydrogens is 388 g/mol. The second kappa shape index (κ2) is 6.97. The van der Waals surface area contributed by atoms with Crippen LogP contribution >= 0.6 is 11.8 Å². The van der Waals surface area contributed by atoms with Crippen molar-refractivity contribution in [2.75, 3.05) is 28.7 Å². The van der Waals surface area contributed by atoms with E-state index in [9.17, 15) is 13.2 Å². The minimum absolute atomic E-state index is 0.1000. The van der Waals surface area contributed by atoms with Gasteiger partial charge < -0.3 is 14.4 Å². The number of hydrogen-bond acceptors (Lipinski definition) is 6. The zero-order valence-electron chi connectivity index (χ0n) is 14.6. The molecule has 142 valence electrons. The van der Waals surface area contributed by atoms with Crippen LogP contribution in [0.3, 0.4) is 0 Å². The van der Waals surface area contributed by atoms with Crippen molar-refractivity contribution in [3.8, 4) is 11.5 Å². The predicted octanol–water partition coefficient (Wildman–Crippen LogP) is 3.06. The first kappa shape index (κ1) is 18.0. The van der Waals surface area contributed by atoms with Crippen molar-refractivity contribution in [2.45, 2.75) is 23.1 Å². The third kappa shape index (κ3) is 3.57. The van der Waals surface area contributed by atoms with Gasteiger partial charge in [-0.1, -0.05) is 0 Å². The zero-order chi connectivity index (χ0) is 19.0. The quantitative estimate of drug-likeness (QED) is 0.843. The van der Waals surface area contributed by atoms with Crippen LogP contribution in [0.1, 0.15) is 13.3 Å². The second-order valence-electron chi connectivity index (χ2n) is 6.18.